The Kier molecular flexibility index (Phi) is 4.46. The number of phenolic OH excluding ortho intramolecular Hbond substituents is 1. The smallest absolute Gasteiger partial charge is 0.257 e. The number of amides is 1. The van der Waals surface area contributed by atoms with E-state index in [0.29, 0.717) is 31.5 Å². The second-order valence-electron chi connectivity index (χ2n) is 6.05. The lowest BCUT2D eigenvalue weighted by Crippen LogP contribution is -2.29. The molecule has 0 aliphatic carbocycles. The van der Waals surface area contributed by atoms with Gasteiger partial charge in [-0.05, 0) is 48.6 Å². The van der Waals surface area contributed by atoms with E-state index >= 15 is 0 Å². The number of hydrogen-bond donors (Lipinski definition) is 1. The van der Waals surface area contributed by atoms with Crippen LogP contribution >= 0.6 is 0 Å². The van der Waals surface area contributed by atoms with Crippen molar-refractivity contribution in [3.63, 3.8) is 0 Å². The maximum absolute atomic E-state index is 13.2. The molecule has 3 rings (SSSR count). The average molecular weight is 335 g/mol. The van der Waals surface area contributed by atoms with E-state index in [1.807, 2.05) is 0 Å². The third-order valence-corrected chi connectivity index (χ3v) is 4.21. The fourth-order valence-corrected chi connectivity index (χ4v) is 3.10. The van der Waals surface area contributed by atoms with E-state index in [4.69, 9.17) is 0 Å². The fraction of sp³-hybridized carbons (Fsp3) is 0.278. The minimum Gasteiger partial charge on any atom is -0.507 e. The Hall–Kier alpha value is -2.50. The Balaban J connectivity index is 1.67. The molecular formula is C18H16F3NO2. The summed E-state index contributed by atoms with van der Waals surface area (Å²) in [6, 6.07) is 6.68. The van der Waals surface area contributed by atoms with Gasteiger partial charge in [0.2, 0.25) is 0 Å². The van der Waals surface area contributed by atoms with E-state index in [-0.39, 0.29) is 17.4 Å². The zero-order chi connectivity index (χ0) is 17.3. The maximum Gasteiger partial charge on any atom is 0.257 e. The quantitative estimate of drug-likeness (QED) is 0.932. The van der Waals surface area contributed by atoms with Gasteiger partial charge in [-0.25, -0.2) is 13.2 Å². The number of halogens is 3. The number of carbonyl (C=O) groups excluding carboxylic acids is 1. The lowest BCUT2D eigenvalue weighted by atomic mass is 9.98. The molecule has 1 aliphatic rings. The zero-order valence-electron chi connectivity index (χ0n) is 12.8. The number of hydrogen-bond acceptors (Lipinski definition) is 2. The van der Waals surface area contributed by atoms with Gasteiger partial charge in [-0.15, -0.1) is 0 Å². The largest absolute Gasteiger partial charge is 0.507 e. The standard InChI is InChI=1S/C18H16F3NO2/c19-13-1-2-16(17(23)9-13)18(24)22-4-3-11(10-22)5-12-6-14(20)8-15(21)7-12/h1-2,6-9,11,23H,3-5,10H2. The topological polar surface area (TPSA) is 40.5 Å². The maximum atomic E-state index is 13.2. The first kappa shape index (κ1) is 16.4. The van der Waals surface area contributed by atoms with Gasteiger partial charge in [0, 0.05) is 25.2 Å². The number of phenols is 1. The molecular weight excluding hydrogens is 319 g/mol. The van der Waals surface area contributed by atoms with Gasteiger partial charge in [-0.1, -0.05) is 0 Å². The van der Waals surface area contributed by atoms with Gasteiger partial charge >= 0.3 is 0 Å². The first-order valence-electron chi connectivity index (χ1n) is 7.65. The molecule has 126 valence electrons. The predicted octanol–water partition coefficient (Wildman–Crippen LogP) is 3.51. The molecule has 1 amide bonds. The molecule has 1 unspecified atom stereocenters. The van der Waals surface area contributed by atoms with Crippen molar-refractivity contribution in [1.29, 1.82) is 0 Å². The van der Waals surface area contributed by atoms with Gasteiger partial charge in [0.1, 0.15) is 23.2 Å². The fourth-order valence-electron chi connectivity index (χ4n) is 3.10. The van der Waals surface area contributed by atoms with E-state index in [1.165, 1.54) is 18.2 Å². The minimum absolute atomic E-state index is 0.0499. The number of nitrogens with zero attached hydrogens (tertiary/aromatic N) is 1. The molecule has 3 nitrogen and oxygen atoms in total. The Bertz CT molecular complexity index is 759. The highest BCUT2D eigenvalue weighted by molar-refractivity contribution is 5.96. The van der Waals surface area contributed by atoms with E-state index < -0.39 is 23.2 Å². The third kappa shape index (κ3) is 3.53. The van der Waals surface area contributed by atoms with Crippen LogP contribution in [0.2, 0.25) is 0 Å². The molecule has 2 aromatic carbocycles. The molecule has 0 saturated carbocycles. The van der Waals surface area contributed by atoms with Crippen LogP contribution in [0.3, 0.4) is 0 Å². The summed E-state index contributed by atoms with van der Waals surface area (Å²) < 4.78 is 39.5. The Morgan fingerprint density at radius 3 is 2.46 bits per heavy atom. The second kappa shape index (κ2) is 6.55. The summed E-state index contributed by atoms with van der Waals surface area (Å²) in [5, 5.41) is 9.71. The molecule has 0 radical (unpaired) electrons. The van der Waals surface area contributed by atoms with E-state index in [0.717, 1.165) is 18.2 Å². The van der Waals surface area contributed by atoms with Crippen LogP contribution in [0, 0.1) is 23.4 Å². The summed E-state index contributed by atoms with van der Waals surface area (Å²) in [7, 11) is 0. The SMILES string of the molecule is O=C(c1ccc(F)cc1O)N1CCC(Cc2cc(F)cc(F)c2)C1. The molecule has 24 heavy (non-hydrogen) atoms. The summed E-state index contributed by atoms with van der Waals surface area (Å²) >= 11 is 0. The Morgan fingerprint density at radius 2 is 1.79 bits per heavy atom. The average Bonchev–Trinajstić information content (AvgIpc) is 2.94. The van der Waals surface area contributed by atoms with Crippen molar-refractivity contribution in [1.82, 2.24) is 4.90 Å². The van der Waals surface area contributed by atoms with Crippen LogP contribution in [0.4, 0.5) is 13.2 Å². The van der Waals surface area contributed by atoms with Crippen LogP contribution in [0.1, 0.15) is 22.3 Å². The lowest BCUT2D eigenvalue weighted by Gasteiger charge is -2.17. The number of carbonyl (C=O) groups is 1. The second-order valence-corrected chi connectivity index (χ2v) is 6.05. The van der Waals surface area contributed by atoms with Crippen molar-refractivity contribution >= 4 is 5.91 Å². The number of rotatable bonds is 3. The van der Waals surface area contributed by atoms with Crippen LogP contribution in [-0.4, -0.2) is 29.0 Å². The first-order valence-corrected chi connectivity index (χ1v) is 7.65. The normalized spacial score (nSPS) is 17.3. The summed E-state index contributed by atoms with van der Waals surface area (Å²) in [6.45, 7) is 0.909. The van der Waals surface area contributed by atoms with Crippen molar-refractivity contribution in [3.05, 3.63) is 65.0 Å². The Morgan fingerprint density at radius 1 is 1.08 bits per heavy atom. The Labute approximate surface area is 137 Å². The van der Waals surface area contributed by atoms with Crippen LogP contribution < -0.4 is 0 Å². The number of benzene rings is 2. The van der Waals surface area contributed by atoms with Crippen LogP contribution in [0.15, 0.2) is 36.4 Å². The van der Waals surface area contributed by atoms with E-state index in [9.17, 15) is 23.1 Å². The van der Waals surface area contributed by atoms with Crippen LogP contribution in [0.25, 0.3) is 0 Å². The van der Waals surface area contributed by atoms with Crippen molar-refractivity contribution in [2.24, 2.45) is 5.92 Å². The molecule has 0 spiro atoms. The van der Waals surface area contributed by atoms with E-state index in [2.05, 4.69) is 0 Å². The molecule has 0 bridgehead atoms. The molecule has 6 heteroatoms. The van der Waals surface area contributed by atoms with Gasteiger partial charge in [-0.3, -0.25) is 4.79 Å². The van der Waals surface area contributed by atoms with Crippen molar-refractivity contribution in [2.45, 2.75) is 12.8 Å². The van der Waals surface area contributed by atoms with Crippen LogP contribution in [-0.2, 0) is 6.42 Å². The van der Waals surface area contributed by atoms with Crippen molar-refractivity contribution in [3.8, 4) is 5.75 Å². The predicted molar refractivity (Wildman–Crippen MR) is 82.1 cm³/mol. The molecule has 1 heterocycles. The van der Waals surface area contributed by atoms with Crippen molar-refractivity contribution in [2.75, 3.05) is 13.1 Å². The highest BCUT2D eigenvalue weighted by Crippen LogP contribution is 2.26. The molecule has 1 fully saturated rings. The number of aromatic hydroxyl groups is 1. The van der Waals surface area contributed by atoms with Crippen molar-refractivity contribution < 1.29 is 23.1 Å². The molecule has 1 N–H and O–H groups in total. The monoisotopic (exact) mass is 335 g/mol. The van der Waals surface area contributed by atoms with E-state index in [1.54, 1.807) is 4.90 Å². The molecule has 1 saturated heterocycles. The highest BCUT2D eigenvalue weighted by Gasteiger charge is 2.28. The molecule has 1 aliphatic heterocycles. The van der Waals surface area contributed by atoms with Crippen LogP contribution in [0.5, 0.6) is 5.75 Å². The number of likely N-dealkylation sites (tertiary alicyclic amines) is 1. The third-order valence-electron chi connectivity index (χ3n) is 4.21. The summed E-state index contributed by atoms with van der Waals surface area (Å²) in [4.78, 5) is 14.0. The zero-order valence-corrected chi connectivity index (χ0v) is 12.8. The van der Waals surface area contributed by atoms with Gasteiger partial charge in [0.25, 0.3) is 5.91 Å². The summed E-state index contributed by atoms with van der Waals surface area (Å²) in [6.07, 6.45) is 1.17. The van der Waals surface area contributed by atoms with Gasteiger partial charge in [0.05, 0.1) is 5.56 Å². The van der Waals surface area contributed by atoms with Gasteiger partial charge < -0.3 is 10.0 Å². The summed E-state index contributed by atoms with van der Waals surface area (Å²) in [5.74, 6) is -2.54. The molecule has 0 aromatic heterocycles. The minimum atomic E-state index is -0.618. The summed E-state index contributed by atoms with van der Waals surface area (Å²) in [5.41, 5.74) is 0.602. The van der Waals surface area contributed by atoms with Gasteiger partial charge in [-0.2, -0.15) is 0 Å². The first-order chi connectivity index (χ1) is 11.4. The van der Waals surface area contributed by atoms with Gasteiger partial charge in [0.15, 0.2) is 0 Å². The highest BCUT2D eigenvalue weighted by atomic mass is 19.1. The molecule has 1 atom stereocenters. The molecule has 2 aromatic rings. The lowest BCUT2D eigenvalue weighted by molar-refractivity contribution is 0.0784.